The van der Waals surface area contributed by atoms with Crippen molar-refractivity contribution in [2.24, 2.45) is 4.99 Å². The van der Waals surface area contributed by atoms with Gasteiger partial charge in [0, 0.05) is 27.2 Å². The summed E-state index contributed by atoms with van der Waals surface area (Å²) in [6, 6.07) is -0.0278. The second-order valence-electron chi connectivity index (χ2n) is 6.30. The van der Waals surface area contributed by atoms with Gasteiger partial charge in [-0.3, -0.25) is 4.99 Å². The zero-order valence-electron chi connectivity index (χ0n) is 13.9. The molecule has 0 aromatic carbocycles. The Labute approximate surface area is 130 Å². The van der Waals surface area contributed by atoms with Gasteiger partial charge in [-0.1, -0.05) is 0 Å². The predicted octanol–water partition coefficient (Wildman–Crippen LogP) is 1.77. The standard InChI is InChI=1S/C14H26F2N4O2/c1-14(2,3)22-13(21)19(5)10-6-7-20(9-10)12(17-4)18-8-11(15)16/h10-11H,6-9H2,1-5H3,(H,17,18)/t10-/m1/s1. The summed E-state index contributed by atoms with van der Waals surface area (Å²) in [6.45, 7) is 6.20. The Bertz CT molecular complexity index is 410. The maximum atomic E-state index is 12.3. The van der Waals surface area contributed by atoms with Crippen LogP contribution in [0.3, 0.4) is 0 Å². The molecule has 0 spiro atoms. The van der Waals surface area contributed by atoms with E-state index >= 15 is 0 Å². The van der Waals surface area contributed by atoms with Gasteiger partial charge >= 0.3 is 6.09 Å². The van der Waals surface area contributed by atoms with Gasteiger partial charge < -0.3 is 19.9 Å². The molecule has 1 amide bonds. The molecule has 22 heavy (non-hydrogen) atoms. The van der Waals surface area contributed by atoms with Crippen molar-refractivity contribution in [3.05, 3.63) is 0 Å². The van der Waals surface area contributed by atoms with Crippen LogP contribution in [0.25, 0.3) is 0 Å². The zero-order chi connectivity index (χ0) is 16.9. The van der Waals surface area contributed by atoms with Crippen molar-refractivity contribution < 1.29 is 18.3 Å². The Morgan fingerprint density at radius 1 is 1.50 bits per heavy atom. The van der Waals surface area contributed by atoms with Crippen LogP contribution in [0.1, 0.15) is 27.2 Å². The van der Waals surface area contributed by atoms with Crippen molar-refractivity contribution in [2.75, 3.05) is 33.7 Å². The third-order valence-electron chi connectivity index (χ3n) is 3.32. The van der Waals surface area contributed by atoms with Crippen molar-refractivity contribution in [3.8, 4) is 0 Å². The number of nitrogens with zero attached hydrogens (tertiary/aromatic N) is 3. The second kappa shape index (κ2) is 7.60. The molecule has 8 heteroatoms. The number of rotatable bonds is 3. The molecule has 0 unspecified atom stereocenters. The summed E-state index contributed by atoms with van der Waals surface area (Å²) < 4.78 is 29.9. The fourth-order valence-electron chi connectivity index (χ4n) is 2.23. The first-order chi connectivity index (χ1) is 10.1. The van der Waals surface area contributed by atoms with E-state index in [0.717, 1.165) is 6.42 Å². The van der Waals surface area contributed by atoms with E-state index in [4.69, 9.17) is 4.74 Å². The van der Waals surface area contributed by atoms with E-state index in [-0.39, 0.29) is 12.1 Å². The highest BCUT2D eigenvalue weighted by Crippen LogP contribution is 2.17. The third-order valence-corrected chi connectivity index (χ3v) is 3.32. The molecule has 128 valence electrons. The molecule has 1 atom stereocenters. The van der Waals surface area contributed by atoms with Crippen molar-refractivity contribution in [3.63, 3.8) is 0 Å². The first kappa shape index (κ1) is 18.4. The monoisotopic (exact) mass is 320 g/mol. The Morgan fingerprint density at radius 3 is 2.64 bits per heavy atom. The summed E-state index contributed by atoms with van der Waals surface area (Å²) in [5.41, 5.74) is -0.543. The Balaban J connectivity index is 2.55. The number of ether oxygens (including phenoxy) is 1. The molecule has 6 nitrogen and oxygen atoms in total. The molecule has 0 radical (unpaired) electrons. The van der Waals surface area contributed by atoms with Crippen LogP contribution in [0.2, 0.25) is 0 Å². The molecule has 0 aromatic rings. The number of guanidine groups is 1. The molecular formula is C14H26F2N4O2. The van der Waals surface area contributed by atoms with E-state index in [2.05, 4.69) is 10.3 Å². The van der Waals surface area contributed by atoms with E-state index in [9.17, 15) is 13.6 Å². The SMILES string of the molecule is CN=C(NCC(F)F)N1CC[C@@H](N(C)C(=O)OC(C)(C)C)C1. The highest BCUT2D eigenvalue weighted by atomic mass is 19.3. The summed E-state index contributed by atoms with van der Waals surface area (Å²) >= 11 is 0. The number of likely N-dealkylation sites (tertiary alicyclic amines) is 1. The second-order valence-corrected chi connectivity index (χ2v) is 6.30. The molecule has 0 aliphatic carbocycles. The largest absolute Gasteiger partial charge is 0.444 e. The van der Waals surface area contributed by atoms with Crippen LogP contribution >= 0.6 is 0 Å². The zero-order valence-corrected chi connectivity index (χ0v) is 13.9. The number of halogens is 2. The van der Waals surface area contributed by atoms with Crippen LogP contribution in [0.4, 0.5) is 13.6 Å². The van der Waals surface area contributed by atoms with Gasteiger partial charge in [0.15, 0.2) is 5.96 Å². The molecule has 0 saturated carbocycles. The van der Waals surface area contributed by atoms with Gasteiger partial charge in [0.2, 0.25) is 0 Å². The van der Waals surface area contributed by atoms with Gasteiger partial charge in [0.25, 0.3) is 6.43 Å². The number of alkyl halides is 2. The van der Waals surface area contributed by atoms with Gasteiger partial charge in [0.05, 0.1) is 12.6 Å². The van der Waals surface area contributed by atoms with Gasteiger partial charge in [0.1, 0.15) is 5.60 Å². The first-order valence-corrected chi connectivity index (χ1v) is 7.33. The van der Waals surface area contributed by atoms with E-state index in [1.807, 2.05) is 25.7 Å². The summed E-state index contributed by atoms with van der Waals surface area (Å²) in [6.07, 6.45) is -2.07. The van der Waals surface area contributed by atoms with Gasteiger partial charge in [-0.2, -0.15) is 0 Å². The molecule has 1 heterocycles. The summed E-state index contributed by atoms with van der Waals surface area (Å²) in [5.74, 6) is 0.431. The molecule has 1 fully saturated rings. The topological polar surface area (TPSA) is 57.2 Å². The molecule has 1 saturated heterocycles. The average Bonchev–Trinajstić information content (AvgIpc) is 2.85. The number of nitrogens with one attached hydrogen (secondary N) is 1. The smallest absolute Gasteiger partial charge is 0.410 e. The molecule has 0 aromatic heterocycles. The lowest BCUT2D eigenvalue weighted by molar-refractivity contribution is 0.0232. The molecule has 1 N–H and O–H groups in total. The van der Waals surface area contributed by atoms with Crippen molar-refractivity contribution in [1.29, 1.82) is 0 Å². The number of aliphatic imine (C=N–C) groups is 1. The molecular weight excluding hydrogens is 294 g/mol. The average molecular weight is 320 g/mol. The third kappa shape index (κ3) is 5.65. The number of likely N-dealkylation sites (N-methyl/N-ethyl adjacent to an activating group) is 1. The minimum atomic E-state index is -2.43. The number of carbonyl (C=O) groups excluding carboxylic acids is 1. The lowest BCUT2D eigenvalue weighted by Gasteiger charge is -2.29. The van der Waals surface area contributed by atoms with Crippen LogP contribution in [0, 0.1) is 0 Å². The van der Waals surface area contributed by atoms with Crippen LogP contribution in [0.5, 0.6) is 0 Å². The van der Waals surface area contributed by atoms with E-state index in [1.54, 1.807) is 19.0 Å². The lowest BCUT2D eigenvalue weighted by Crippen LogP contribution is -2.45. The highest BCUT2D eigenvalue weighted by Gasteiger charge is 2.32. The van der Waals surface area contributed by atoms with Crippen LogP contribution in [-0.2, 0) is 4.74 Å². The van der Waals surface area contributed by atoms with Crippen LogP contribution in [-0.4, -0.2) is 73.7 Å². The maximum Gasteiger partial charge on any atom is 0.410 e. The van der Waals surface area contributed by atoms with E-state index in [0.29, 0.717) is 19.0 Å². The van der Waals surface area contributed by atoms with E-state index < -0.39 is 18.6 Å². The number of hydrogen-bond donors (Lipinski definition) is 1. The quantitative estimate of drug-likeness (QED) is 0.636. The van der Waals surface area contributed by atoms with Gasteiger partial charge in [-0.05, 0) is 27.2 Å². The lowest BCUT2D eigenvalue weighted by atomic mass is 10.2. The number of carbonyl (C=O) groups is 1. The van der Waals surface area contributed by atoms with Crippen molar-refractivity contribution >= 4 is 12.1 Å². The summed E-state index contributed by atoms with van der Waals surface area (Å²) in [5, 5.41) is 2.63. The fourth-order valence-corrected chi connectivity index (χ4v) is 2.23. The Hall–Kier alpha value is -1.60. The predicted molar refractivity (Wildman–Crippen MR) is 81.3 cm³/mol. The minimum absolute atomic E-state index is 0.0278. The van der Waals surface area contributed by atoms with E-state index in [1.165, 1.54) is 0 Å². The number of amides is 1. The molecule has 1 rings (SSSR count). The van der Waals surface area contributed by atoms with Crippen molar-refractivity contribution in [2.45, 2.75) is 45.3 Å². The normalized spacial score (nSPS) is 19.5. The molecule has 0 bridgehead atoms. The summed E-state index contributed by atoms with van der Waals surface area (Å²) in [4.78, 5) is 19.5. The first-order valence-electron chi connectivity index (χ1n) is 7.33. The highest BCUT2D eigenvalue weighted by molar-refractivity contribution is 5.80. The van der Waals surface area contributed by atoms with Gasteiger partial charge in [-0.15, -0.1) is 0 Å². The van der Waals surface area contributed by atoms with Crippen LogP contribution < -0.4 is 5.32 Å². The fraction of sp³-hybridized carbons (Fsp3) is 0.857. The Kier molecular flexibility index (Phi) is 6.37. The maximum absolute atomic E-state index is 12.3. The summed E-state index contributed by atoms with van der Waals surface area (Å²) in [7, 11) is 3.25. The molecule has 1 aliphatic heterocycles. The van der Waals surface area contributed by atoms with Crippen LogP contribution in [0.15, 0.2) is 4.99 Å². The Morgan fingerprint density at radius 2 is 2.14 bits per heavy atom. The molecule has 1 aliphatic rings. The number of hydrogen-bond acceptors (Lipinski definition) is 3. The van der Waals surface area contributed by atoms with Crippen molar-refractivity contribution in [1.82, 2.24) is 15.1 Å². The minimum Gasteiger partial charge on any atom is -0.444 e. The van der Waals surface area contributed by atoms with Gasteiger partial charge in [-0.25, -0.2) is 13.6 Å².